The number of nitrogens with zero attached hydrogens (tertiary/aromatic N) is 3. The van der Waals surface area contributed by atoms with E-state index in [0.717, 1.165) is 15.6 Å². The first-order valence-corrected chi connectivity index (χ1v) is 10.3. The zero-order valence-corrected chi connectivity index (χ0v) is 18.9. The van der Waals surface area contributed by atoms with Gasteiger partial charge in [0, 0.05) is 10.0 Å². The van der Waals surface area contributed by atoms with Gasteiger partial charge >= 0.3 is 5.69 Å². The third-order valence-corrected chi connectivity index (χ3v) is 4.93. The van der Waals surface area contributed by atoms with E-state index in [-0.39, 0.29) is 5.41 Å². The number of ether oxygens (including phenoxy) is 1. The molecule has 3 aromatic rings. The second-order valence-electron chi connectivity index (χ2n) is 7.86. The van der Waals surface area contributed by atoms with Crippen LogP contribution in [0.2, 0.25) is 0 Å². The highest BCUT2D eigenvalue weighted by Crippen LogP contribution is 2.25. The zero-order valence-electron chi connectivity index (χ0n) is 17.4. The molecule has 0 fully saturated rings. The Morgan fingerprint density at radius 2 is 1.93 bits per heavy atom. The van der Waals surface area contributed by atoms with Crippen molar-refractivity contribution in [1.29, 1.82) is 0 Å². The molecule has 3 rings (SSSR count). The minimum Gasteiger partial charge on any atom is -0.488 e. The Bertz CT molecular complexity index is 1100. The van der Waals surface area contributed by atoms with E-state index in [0.29, 0.717) is 23.9 Å². The number of hydrogen-bond acceptors (Lipinski definition) is 6. The third kappa shape index (κ3) is 5.76. The molecule has 0 bridgehead atoms. The number of rotatable bonds is 6. The normalized spacial score (nSPS) is 11.6. The minimum atomic E-state index is -0.540. The van der Waals surface area contributed by atoms with E-state index in [9.17, 15) is 4.79 Å². The maximum atomic E-state index is 11.3. The minimum absolute atomic E-state index is 0.119. The van der Waals surface area contributed by atoms with Gasteiger partial charge in [-0.2, -0.15) is 15.2 Å². The molecule has 2 aromatic carbocycles. The van der Waals surface area contributed by atoms with Crippen LogP contribution in [0.1, 0.15) is 43.2 Å². The molecule has 30 heavy (non-hydrogen) atoms. The van der Waals surface area contributed by atoms with Crippen molar-refractivity contribution in [3.63, 3.8) is 0 Å². The SMILES string of the molecule is Cc1n[nH]c(=O)nc1N/N=C\c1cc(Br)ccc1OCc1ccc(C(C)(C)C)cc1. The van der Waals surface area contributed by atoms with Gasteiger partial charge in [-0.05, 0) is 41.7 Å². The molecule has 0 amide bonds. The van der Waals surface area contributed by atoms with Crippen LogP contribution in [-0.4, -0.2) is 21.4 Å². The van der Waals surface area contributed by atoms with Gasteiger partial charge < -0.3 is 4.74 Å². The van der Waals surface area contributed by atoms with E-state index >= 15 is 0 Å². The van der Waals surface area contributed by atoms with Crippen molar-refractivity contribution in [2.45, 2.75) is 39.7 Å². The molecule has 0 aliphatic rings. The number of hydrogen-bond donors (Lipinski definition) is 2. The van der Waals surface area contributed by atoms with Gasteiger partial charge in [-0.1, -0.05) is 61.0 Å². The van der Waals surface area contributed by atoms with Gasteiger partial charge in [0.2, 0.25) is 0 Å². The smallest absolute Gasteiger partial charge is 0.363 e. The van der Waals surface area contributed by atoms with Crippen molar-refractivity contribution < 1.29 is 4.74 Å². The van der Waals surface area contributed by atoms with Gasteiger partial charge in [0.15, 0.2) is 5.82 Å². The van der Waals surface area contributed by atoms with Crippen molar-refractivity contribution in [2.24, 2.45) is 5.10 Å². The summed E-state index contributed by atoms with van der Waals surface area (Å²) in [6, 6.07) is 14.1. The molecule has 0 unspecified atom stereocenters. The highest BCUT2D eigenvalue weighted by atomic mass is 79.9. The van der Waals surface area contributed by atoms with Crippen LogP contribution in [0.5, 0.6) is 5.75 Å². The summed E-state index contributed by atoms with van der Waals surface area (Å²) in [5.41, 5.74) is 6.01. The summed E-state index contributed by atoms with van der Waals surface area (Å²) in [5, 5.41) is 10.3. The van der Waals surface area contributed by atoms with Gasteiger partial charge in [0.05, 0.1) is 6.21 Å². The molecule has 8 heteroatoms. The molecule has 0 atom stereocenters. The van der Waals surface area contributed by atoms with Gasteiger partial charge in [-0.15, -0.1) is 0 Å². The van der Waals surface area contributed by atoms with Crippen LogP contribution in [0, 0.1) is 6.92 Å². The molecular formula is C22H24BrN5O2. The topological polar surface area (TPSA) is 92.3 Å². The lowest BCUT2D eigenvalue weighted by Gasteiger charge is -2.19. The van der Waals surface area contributed by atoms with Crippen molar-refractivity contribution in [3.8, 4) is 5.75 Å². The highest BCUT2D eigenvalue weighted by molar-refractivity contribution is 9.10. The number of benzene rings is 2. The largest absolute Gasteiger partial charge is 0.488 e. The molecule has 0 aliphatic carbocycles. The maximum Gasteiger partial charge on any atom is 0.363 e. The molecule has 0 spiro atoms. The number of aromatic amines is 1. The summed E-state index contributed by atoms with van der Waals surface area (Å²) in [7, 11) is 0. The average molecular weight is 470 g/mol. The third-order valence-electron chi connectivity index (χ3n) is 4.44. The molecule has 1 heterocycles. The van der Waals surface area contributed by atoms with Crippen LogP contribution in [-0.2, 0) is 12.0 Å². The fourth-order valence-corrected chi connectivity index (χ4v) is 3.05. The summed E-state index contributed by atoms with van der Waals surface area (Å²) in [4.78, 5) is 15.1. The predicted molar refractivity (Wildman–Crippen MR) is 122 cm³/mol. The number of aromatic nitrogens is 3. The Kier molecular flexibility index (Phi) is 6.66. The lowest BCUT2D eigenvalue weighted by Crippen LogP contribution is -2.15. The van der Waals surface area contributed by atoms with Crippen molar-refractivity contribution in [2.75, 3.05) is 5.43 Å². The second-order valence-corrected chi connectivity index (χ2v) is 8.78. The Morgan fingerprint density at radius 3 is 2.63 bits per heavy atom. The number of aryl methyl sites for hydroxylation is 1. The van der Waals surface area contributed by atoms with Crippen molar-refractivity contribution >= 4 is 28.0 Å². The first-order valence-electron chi connectivity index (χ1n) is 9.46. The first-order chi connectivity index (χ1) is 14.2. The molecule has 156 valence electrons. The summed E-state index contributed by atoms with van der Waals surface area (Å²) in [6.07, 6.45) is 1.62. The van der Waals surface area contributed by atoms with Crippen LogP contribution in [0.3, 0.4) is 0 Å². The van der Waals surface area contributed by atoms with E-state index in [1.165, 1.54) is 5.56 Å². The maximum absolute atomic E-state index is 11.3. The standard InChI is InChI=1S/C22H24BrN5O2/c1-14-20(25-21(29)28-26-14)27-24-12-16-11-18(23)9-10-19(16)30-13-15-5-7-17(8-6-15)22(2,3)4/h5-12H,13H2,1-4H3,(H2,25,27,28,29)/b24-12-. The average Bonchev–Trinajstić information content (AvgIpc) is 2.69. The van der Waals surface area contributed by atoms with Gasteiger partial charge in [0.25, 0.3) is 0 Å². The molecular weight excluding hydrogens is 446 g/mol. The molecule has 1 aromatic heterocycles. The Morgan fingerprint density at radius 1 is 1.20 bits per heavy atom. The number of hydrazone groups is 1. The lowest BCUT2D eigenvalue weighted by molar-refractivity contribution is 0.305. The zero-order chi connectivity index (χ0) is 21.7. The molecule has 7 nitrogen and oxygen atoms in total. The van der Waals surface area contributed by atoms with E-state index < -0.39 is 5.69 Å². The summed E-state index contributed by atoms with van der Waals surface area (Å²) < 4.78 is 6.93. The Labute approximate surface area is 183 Å². The summed E-state index contributed by atoms with van der Waals surface area (Å²) in [5.74, 6) is 0.990. The highest BCUT2D eigenvalue weighted by Gasteiger charge is 2.13. The molecule has 0 radical (unpaired) electrons. The Balaban J connectivity index is 1.72. The number of halogens is 1. The Hall–Kier alpha value is -3.00. The quantitative estimate of drug-likeness (QED) is 0.407. The van der Waals surface area contributed by atoms with E-state index in [1.807, 2.05) is 18.2 Å². The van der Waals surface area contributed by atoms with Gasteiger partial charge in [-0.25, -0.2) is 9.89 Å². The van der Waals surface area contributed by atoms with Crippen LogP contribution in [0.25, 0.3) is 0 Å². The second kappa shape index (κ2) is 9.21. The fraction of sp³-hybridized carbons (Fsp3) is 0.273. The van der Waals surface area contributed by atoms with Gasteiger partial charge in [0.1, 0.15) is 18.1 Å². The molecule has 0 saturated heterocycles. The van der Waals surface area contributed by atoms with E-state index in [2.05, 4.69) is 86.7 Å². The fourth-order valence-electron chi connectivity index (χ4n) is 2.67. The monoisotopic (exact) mass is 469 g/mol. The van der Waals surface area contributed by atoms with Crippen LogP contribution in [0.15, 0.2) is 56.8 Å². The first kappa shape index (κ1) is 21.7. The van der Waals surface area contributed by atoms with Crippen LogP contribution in [0.4, 0.5) is 5.82 Å². The summed E-state index contributed by atoms with van der Waals surface area (Å²) >= 11 is 3.47. The molecule has 0 saturated carbocycles. The van der Waals surface area contributed by atoms with E-state index in [4.69, 9.17) is 4.74 Å². The van der Waals surface area contributed by atoms with Gasteiger partial charge in [-0.3, -0.25) is 5.43 Å². The lowest BCUT2D eigenvalue weighted by atomic mass is 9.87. The molecule has 0 aliphatic heterocycles. The van der Waals surface area contributed by atoms with Crippen molar-refractivity contribution in [1.82, 2.24) is 15.2 Å². The predicted octanol–water partition coefficient (Wildman–Crippen LogP) is 4.56. The summed E-state index contributed by atoms with van der Waals surface area (Å²) in [6.45, 7) is 8.74. The van der Waals surface area contributed by atoms with Crippen molar-refractivity contribution in [3.05, 3.63) is 79.8 Å². The van der Waals surface area contributed by atoms with E-state index in [1.54, 1.807) is 13.1 Å². The number of H-pyrrole nitrogens is 1. The van der Waals surface area contributed by atoms with Crippen LogP contribution < -0.4 is 15.9 Å². The number of anilines is 1. The molecule has 2 N–H and O–H groups in total. The number of nitrogens with one attached hydrogen (secondary N) is 2. The van der Waals surface area contributed by atoms with Crippen LogP contribution >= 0.6 is 15.9 Å².